The molecule has 2 heterocycles. The molecule has 2 saturated heterocycles. The SMILES string of the molecule is C=CCO[C@H]1O[C@@H]2[C@H](O[Si](C(C)(C)C)(C(C)(C)C)O[C@@H]2COCc2ccccc2)[C@H]1O. The molecule has 5 atom stereocenters. The molecule has 0 radical (unpaired) electrons. The van der Waals surface area contributed by atoms with Gasteiger partial charge in [0.25, 0.3) is 0 Å². The first-order valence-electron chi connectivity index (χ1n) is 11.0. The molecular weight excluding hydrogens is 412 g/mol. The molecule has 2 fully saturated rings. The lowest BCUT2D eigenvalue weighted by molar-refractivity contribution is -0.182. The second-order valence-electron chi connectivity index (χ2n) is 10.4. The first kappa shape index (κ1) is 24.6. The summed E-state index contributed by atoms with van der Waals surface area (Å²) in [4.78, 5) is 0. The molecule has 31 heavy (non-hydrogen) atoms. The van der Waals surface area contributed by atoms with Gasteiger partial charge in [0.1, 0.15) is 18.3 Å². The number of ether oxygens (including phenoxy) is 3. The molecular formula is C24H38O6Si. The zero-order valence-corrected chi connectivity index (χ0v) is 20.7. The molecule has 0 bridgehead atoms. The standard InChI is InChI=1S/C24H38O6Si/c1-8-14-27-22-19(25)21-20(28-22)18(16-26-15-17-12-10-9-11-13-17)29-31(30-21,23(2,3)4)24(5,6)7/h8-13,18-22,25H,1,14-16H2,2-7H3/t18-,19-,20+,21-,22+/m1/s1. The molecule has 2 aliphatic rings. The number of aliphatic hydroxyl groups excluding tert-OH is 1. The number of benzene rings is 1. The van der Waals surface area contributed by atoms with Gasteiger partial charge >= 0.3 is 8.56 Å². The van der Waals surface area contributed by atoms with Gasteiger partial charge in [-0.2, -0.15) is 0 Å². The molecule has 7 heteroatoms. The van der Waals surface area contributed by atoms with Gasteiger partial charge in [-0.15, -0.1) is 6.58 Å². The smallest absolute Gasteiger partial charge is 0.350 e. The largest absolute Gasteiger partial charge is 0.385 e. The van der Waals surface area contributed by atoms with Crippen LogP contribution in [0.15, 0.2) is 43.0 Å². The predicted molar refractivity (Wildman–Crippen MR) is 122 cm³/mol. The molecule has 0 amide bonds. The van der Waals surface area contributed by atoms with Crippen LogP contribution in [0.3, 0.4) is 0 Å². The van der Waals surface area contributed by atoms with E-state index in [1.165, 1.54) is 0 Å². The van der Waals surface area contributed by atoms with Crippen molar-refractivity contribution in [3.63, 3.8) is 0 Å². The fourth-order valence-corrected chi connectivity index (χ4v) is 9.73. The summed E-state index contributed by atoms with van der Waals surface area (Å²) in [5, 5.41) is 10.6. The topological polar surface area (TPSA) is 66.4 Å². The maximum absolute atomic E-state index is 11.0. The van der Waals surface area contributed by atoms with E-state index in [-0.39, 0.29) is 22.8 Å². The maximum atomic E-state index is 11.0. The van der Waals surface area contributed by atoms with Crippen molar-refractivity contribution < 1.29 is 28.2 Å². The minimum atomic E-state index is -2.86. The van der Waals surface area contributed by atoms with E-state index in [0.29, 0.717) is 13.2 Å². The van der Waals surface area contributed by atoms with Crippen LogP contribution in [0.1, 0.15) is 47.1 Å². The molecule has 0 spiro atoms. The summed E-state index contributed by atoms with van der Waals surface area (Å²) in [6.45, 7) is 17.7. The average molecular weight is 451 g/mol. The van der Waals surface area contributed by atoms with Gasteiger partial charge < -0.3 is 28.2 Å². The molecule has 1 aromatic rings. The quantitative estimate of drug-likeness (QED) is 0.493. The molecule has 174 valence electrons. The lowest BCUT2D eigenvalue weighted by Gasteiger charge is -2.55. The summed E-state index contributed by atoms with van der Waals surface area (Å²) in [5.74, 6) is 0. The third-order valence-electron chi connectivity index (χ3n) is 5.96. The van der Waals surface area contributed by atoms with Gasteiger partial charge in [-0.05, 0) is 5.56 Å². The molecule has 0 saturated carbocycles. The highest BCUT2D eigenvalue weighted by Crippen LogP contribution is 2.56. The number of aliphatic hydroxyl groups is 1. The third-order valence-corrected chi connectivity index (χ3v) is 11.2. The highest BCUT2D eigenvalue weighted by atomic mass is 28.4. The van der Waals surface area contributed by atoms with Crippen LogP contribution >= 0.6 is 0 Å². The lowest BCUT2D eigenvalue weighted by Crippen LogP contribution is -2.68. The second-order valence-corrected chi connectivity index (χ2v) is 15.1. The van der Waals surface area contributed by atoms with Crippen LogP contribution in [0.4, 0.5) is 0 Å². The van der Waals surface area contributed by atoms with Gasteiger partial charge in [0.05, 0.1) is 25.9 Å². The van der Waals surface area contributed by atoms with Gasteiger partial charge in [0.15, 0.2) is 6.29 Å². The summed E-state index contributed by atoms with van der Waals surface area (Å²) in [7, 11) is -2.86. The minimum absolute atomic E-state index is 0.228. The molecule has 3 rings (SSSR count). The van der Waals surface area contributed by atoms with Crippen LogP contribution in [0.5, 0.6) is 0 Å². The number of fused-ring (bicyclic) bond motifs is 1. The summed E-state index contributed by atoms with van der Waals surface area (Å²) >= 11 is 0. The van der Waals surface area contributed by atoms with E-state index >= 15 is 0 Å². The minimum Gasteiger partial charge on any atom is -0.385 e. The Hall–Kier alpha value is -1.06. The van der Waals surface area contributed by atoms with Crippen LogP contribution in [0.2, 0.25) is 10.1 Å². The Balaban J connectivity index is 1.85. The fourth-order valence-electron chi connectivity index (χ4n) is 4.73. The fraction of sp³-hybridized carbons (Fsp3) is 0.667. The van der Waals surface area contributed by atoms with E-state index < -0.39 is 33.2 Å². The van der Waals surface area contributed by atoms with Crippen molar-refractivity contribution in [2.45, 2.75) is 88.9 Å². The van der Waals surface area contributed by atoms with Crippen molar-refractivity contribution in [2.24, 2.45) is 0 Å². The molecule has 0 aromatic heterocycles. The Morgan fingerprint density at radius 3 is 2.26 bits per heavy atom. The highest BCUT2D eigenvalue weighted by Gasteiger charge is 2.67. The maximum Gasteiger partial charge on any atom is 0.350 e. The molecule has 1 N–H and O–H groups in total. The zero-order valence-electron chi connectivity index (χ0n) is 19.7. The molecule has 0 aliphatic carbocycles. The van der Waals surface area contributed by atoms with E-state index in [0.717, 1.165) is 5.56 Å². The van der Waals surface area contributed by atoms with Crippen LogP contribution < -0.4 is 0 Å². The van der Waals surface area contributed by atoms with Crippen molar-refractivity contribution in [1.29, 1.82) is 0 Å². The molecule has 6 nitrogen and oxygen atoms in total. The Kier molecular flexibility index (Phi) is 7.48. The van der Waals surface area contributed by atoms with Crippen LogP contribution in [-0.4, -0.2) is 57.6 Å². The van der Waals surface area contributed by atoms with Crippen LogP contribution in [0.25, 0.3) is 0 Å². The number of rotatable bonds is 7. The number of hydrogen-bond acceptors (Lipinski definition) is 6. The average Bonchev–Trinajstić information content (AvgIpc) is 3.01. The van der Waals surface area contributed by atoms with Crippen molar-refractivity contribution in [2.75, 3.05) is 13.2 Å². The number of hydrogen-bond donors (Lipinski definition) is 1. The van der Waals surface area contributed by atoms with Crippen molar-refractivity contribution in [3.05, 3.63) is 48.6 Å². The van der Waals surface area contributed by atoms with E-state index in [2.05, 4.69) is 48.1 Å². The van der Waals surface area contributed by atoms with E-state index in [9.17, 15) is 5.11 Å². The predicted octanol–water partition coefficient (Wildman–Crippen LogP) is 4.32. The summed E-state index contributed by atoms with van der Waals surface area (Å²) in [5.41, 5.74) is 1.10. The van der Waals surface area contributed by atoms with Gasteiger partial charge in [-0.25, -0.2) is 0 Å². The van der Waals surface area contributed by atoms with Crippen LogP contribution in [-0.2, 0) is 29.7 Å². The van der Waals surface area contributed by atoms with Crippen molar-refractivity contribution >= 4 is 8.56 Å². The first-order valence-corrected chi connectivity index (χ1v) is 12.8. The summed E-state index contributed by atoms with van der Waals surface area (Å²) < 4.78 is 31.4. The van der Waals surface area contributed by atoms with Crippen molar-refractivity contribution in [3.8, 4) is 0 Å². The summed E-state index contributed by atoms with van der Waals surface area (Å²) in [6.07, 6.45) is -1.40. The Morgan fingerprint density at radius 1 is 1.03 bits per heavy atom. The Bertz CT molecular complexity index is 712. The third kappa shape index (κ3) is 4.98. The zero-order chi connectivity index (χ0) is 22.9. The van der Waals surface area contributed by atoms with E-state index in [4.69, 9.17) is 23.1 Å². The molecule has 2 aliphatic heterocycles. The normalized spacial score (nSPS) is 30.7. The monoisotopic (exact) mass is 450 g/mol. The van der Waals surface area contributed by atoms with Crippen LogP contribution in [0, 0.1) is 0 Å². The first-order chi connectivity index (χ1) is 14.5. The second kappa shape index (κ2) is 9.43. The van der Waals surface area contributed by atoms with Gasteiger partial charge in [-0.3, -0.25) is 0 Å². The van der Waals surface area contributed by atoms with Crippen molar-refractivity contribution in [1.82, 2.24) is 0 Å². The van der Waals surface area contributed by atoms with Gasteiger partial charge in [-0.1, -0.05) is 78.0 Å². The molecule has 1 aromatic carbocycles. The van der Waals surface area contributed by atoms with Gasteiger partial charge in [0, 0.05) is 10.1 Å². The highest BCUT2D eigenvalue weighted by molar-refractivity contribution is 6.73. The van der Waals surface area contributed by atoms with Gasteiger partial charge in [0.2, 0.25) is 0 Å². The lowest BCUT2D eigenvalue weighted by atomic mass is 10.1. The summed E-state index contributed by atoms with van der Waals surface area (Å²) in [6, 6.07) is 10.0. The molecule has 0 unspecified atom stereocenters. The van der Waals surface area contributed by atoms with E-state index in [1.807, 2.05) is 30.3 Å². The van der Waals surface area contributed by atoms with E-state index in [1.54, 1.807) is 6.08 Å². The Morgan fingerprint density at radius 2 is 1.68 bits per heavy atom. The Labute approximate surface area is 187 Å².